The van der Waals surface area contributed by atoms with Crippen molar-refractivity contribution in [3.63, 3.8) is 0 Å². The van der Waals surface area contributed by atoms with Crippen molar-refractivity contribution >= 4 is 39.6 Å². The Bertz CT molecular complexity index is 1440. The first-order valence-electron chi connectivity index (χ1n) is 11.3. The van der Waals surface area contributed by atoms with Crippen LogP contribution in [0.25, 0.3) is 21.7 Å². The molecule has 1 aliphatic heterocycles. The molecule has 35 heavy (non-hydrogen) atoms. The molecule has 1 aromatic heterocycles. The minimum Gasteiger partial charge on any atom is -0.497 e. The number of para-hydroxylation sites is 1. The highest BCUT2D eigenvalue weighted by molar-refractivity contribution is 6.09. The summed E-state index contributed by atoms with van der Waals surface area (Å²) in [6.45, 7) is 3.04. The lowest BCUT2D eigenvalue weighted by Crippen LogP contribution is -2.43. The van der Waals surface area contributed by atoms with Crippen LogP contribution in [0.15, 0.2) is 71.1 Å². The maximum atomic E-state index is 13.3. The van der Waals surface area contributed by atoms with Crippen molar-refractivity contribution in [1.82, 2.24) is 15.5 Å². The molecule has 0 radical (unpaired) electrons. The average Bonchev–Trinajstić information content (AvgIpc) is 3.38. The number of hydrogen-bond acceptors (Lipinski definition) is 5. The Kier molecular flexibility index (Phi) is 5.43. The van der Waals surface area contributed by atoms with Gasteiger partial charge in [-0.15, -0.1) is 0 Å². The maximum absolute atomic E-state index is 13.3. The first kappa shape index (κ1) is 22.5. The Morgan fingerprint density at radius 2 is 1.80 bits per heavy atom. The third-order valence-electron chi connectivity index (χ3n) is 6.45. The van der Waals surface area contributed by atoms with E-state index in [1.54, 1.807) is 27.0 Å². The molecule has 3 aromatic carbocycles. The van der Waals surface area contributed by atoms with Gasteiger partial charge >= 0.3 is 6.03 Å². The highest BCUT2D eigenvalue weighted by Crippen LogP contribution is 2.32. The van der Waals surface area contributed by atoms with Crippen LogP contribution in [0.5, 0.6) is 5.75 Å². The van der Waals surface area contributed by atoms with Gasteiger partial charge in [0.1, 0.15) is 29.2 Å². The van der Waals surface area contributed by atoms with E-state index in [4.69, 9.17) is 9.15 Å². The van der Waals surface area contributed by atoms with Gasteiger partial charge in [-0.2, -0.15) is 0 Å². The normalized spacial score (nSPS) is 18.7. The van der Waals surface area contributed by atoms with E-state index in [0.29, 0.717) is 11.3 Å². The molecule has 2 unspecified atom stereocenters. The van der Waals surface area contributed by atoms with Gasteiger partial charge in [-0.1, -0.05) is 36.4 Å². The Balaban J connectivity index is 1.31. The van der Waals surface area contributed by atoms with Crippen LogP contribution in [0.2, 0.25) is 0 Å². The first-order chi connectivity index (χ1) is 16.8. The zero-order chi connectivity index (χ0) is 24.7. The molecule has 2 atom stereocenters. The second-order valence-corrected chi connectivity index (χ2v) is 8.85. The fourth-order valence-electron chi connectivity index (χ4n) is 4.42. The van der Waals surface area contributed by atoms with Crippen LogP contribution in [0.1, 0.15) is 31.2 Å². The Morgan fingerprint density at radius 3 is 2.57 bits per heavy atom. The Labute approximate surface area is 201 Å². The minimum atomic E-state index is -1.28. The fraction of sp³-hybridized carbons (Fsp3) is 0.222. The summed E-state index contributed by atoms with van der Waals surface area (Å²) in [4.78, 5) is 39.7. The number of hydrogen-bond donors (Lipinski definition) is 2. The summed E-state index contributed by atoms with van der Waals surface area (Å²) in [7, 11) is 1.60. The van der Waals surface area contributed by atoms with E-state index in [1.807, 2.05) is 60.7 Å². The van der Waals surface area contributed by atoms with Crippen LogP contribution in [0.3, 0.4) is 0 Å². The Morgan fingerprint density at radius 1 is 1.06 bits per heavy atom. The third kappa shape index (κ3) is 3.97. The number of furan rings is 1. The lowest BCUT2D eigenvalue weighted by molar-refractivity contribution is -0.135. The molecule has 8 heteroatoms. The molecule has 8 nitrogen and oxygen atoms in total. The van der Waals surface area contributed by atoms with Gasteiger partial charge in [-0.3, -0.25) is 14.5 Å². The van der Waals surface area contributed by atoms with E-state index < -0.39 is 36.0 Å². The molecular weight excluding hydrogens is 446 g/mol. The monoisotopic (exact) mass is 471 g/mol. The van der Waals surface area contributed by atoms with E-state index in [-0.39, 0.29) is 0 Å². The van der Waals surface area contributed by atoms with Crippen LogP contribution in [0.4, 0.5) is 4.79 Å². The quantitative estimate of drug-likeness (QED) is 0.410. The number of ether oxygens (including phenoxy) is 1. The topological polar surface area (TPSA) is 101 Å². The van der Waals surface area contributed by atoms with Crippen LogP contribution in [0, 0.1) is 0 Å². The van der Waals surface area contributed by atoms with Crippen LogP contribution < -0.4 is 15.4 Å². The summed E-state index contributed by atoms with van der Waals surface area (Å²) < 4.78 is 11.1. The number of nitrogens with zero attached hydrogens (tertiary/aromatic N) is 1. The predicted molar refractivity (Wildman–Crippen MR) is 131 cm³/mol. The summed E-state index contributed by atoms with van der Waals surface area (Å²) in [5, 5.41) is 8.35. The molecule has 1 saturated heterocycles. The summed E-state index contributed by atoms with van der Waals surface area (Å²) >= 11 is 0. The van der Waals surface area contributed by atoms with Crippen LogP contribution in [-0.4, -0.2) is 36.4 Å². The van der Waals surface area contributed by atoms with Gasteiger partial charge in [-0.25, -0.2) is 4.79 Å². The lowest BCUT2D eigenvalue weighted by atomic mass is 9.90. The van der Waals surface area contributed by atoms with Gasteiger partial charge in [0.05, 0.1) is 13.2 Å². The molecule has 2 heterocycles. The number of urea groups is 1. The van der Waals surface area contributed by atoms with Crippen LogP contribution >= 0.6 is 0 Å². The number of rotatable bonds is 6. The molecule has 1 fully saturated rings. The zero-order valence-corrected chi connectivity index (χ0v) is 19.6. The number of nitrogens with one attached hydrogen (secondary N) is 2. The second kappa shape index (κ2) is 8.47. The molecule has 0 spiro atoms. The first-order valence-corrected chi connectivity index (χ1v) is 11.3. The number of carbonyl (C=O) groups is 3. The SMILES string of the molecule is COc1ccc2cc(C3(C)NC(=O)N(CC(=O)NC(C)c4cc5ccccc5o4)C3=O)ccc2c1. The molecular formula is C27H25N3O5. The molecule has 4 aromatic rings. The number of amides is 4. The molecule has 5 rings (SSSR count). The van der Waals surface area contributed by atoms with E-state index in [2.05, 4.69) is 10.6 Å². The highest BCUT2D eigenvalue weighted by Gasteiger charge is 2.49. The maximum Gasteiger partial charge on any atom is 0.325 e. The van der Waals surface area contributed by atoms with Crippen molar-refractivity contribution in [1.29, 1.82) is 0 Å². The summed E-state index contributed by atoms with van der Waals surface area (Å²) in [5.74, 6) is 0.378. The van der Waals surface area contributed by atoms with Crippen molar-refractivity contribution in [3.05, 3.63) is 78.1 Å². The number of benzene rings is 3. The van der Waals surface area contributed by atoms with Crippen molar-refractivity contribution in [2.24, 2.45) is 0 Å². The van der Waals surface area contributed by atoms with Gasteiger partial charge in [0, 0.05) is 5.39 Å². The summed E-state index contributed by atoms with van der Waals surface area (Å²) in [6, 6.07) is 19.5. The van der Waals surface area contributed by atoms with E-state index in [9.17, 15) is 14.4 Å². The third-order valence-corrected chi connectivity index (χ3v) is 6.45. The predicted octanol–water partition coefficient (Wildman–Crippen LogP) is 4.24. The van der Waals surface area contributed by atoms with Gasteiger partial charge in [-0.05, 0) is 60.5 Å². The van der Waals surface area contributed by atoms with E-state index in [1.165, 1.54) is 0 Å². The van der Waals surface area contributed by atoms with Crippen molar-refractivity contribution in [2.75, 3.05) is 13.7 Å². The molecule has 0 aliphatic carbocycles. The van der Waals surface area contributed by atoms with E-state index in [0.717, 1.165) is 32.4 Å². The number of carbonyl (C=O) groups excluding carboxylic acids is 3. The highest BCUT2D eigenvalue weighted by atomic mass is 16.5. The molecule has 1 aliphatic rings. The smallest absolute Gasteiger partial charge is 0.325 e. The van der Waals surface area contributed by atoms with Crippen LogP contribution in [-0.2, 0) is 15.1 Å². The number of imide groups is 1. The number of methoxy groups -OCH3 is 1. The lowest BCUT2D eigenvalue weighted by Gasteiger charge is -2.23. The fourth-order valence-corrected chi connectivity index (χ4v) is 4.42. The molecule has 4 amide bonds. The van der Waals surface area contributed by atoms with Crippen molar-refractivity contribution in [2.45, 2.75) is 25.4 Å². The zero-order valence-electron chi connectivity index (χ0n) is 19.6. The largest absolute Gasteiger partial charge is 0.497 e. The van der Waals surface area contributed by atoms with Gasteiger partial charge in [0.2, 0.25) is 5.91 Å². The number of fused-ring (bicyclic) bond motifs is 2. The minimum absolute atomic E-state index is 0.393. The Hall–Kier alpha value is -4.33. The average molecular weight is 472 g/mol. The van der Waals surface area contributed by atoms with E-state index >= 15 is 0 Å². The standard InChI is InChI=1S/C27H25N3O5/c1-16(23-14-19-6-4-5-7-22(19)35-23)28-24(31)15-30-25(32)27(2,29-26(30)33)20-10-8-18-13-21(34-3)11-9-17(18)12-20/h4-14,16H,15H2,1-3H3,(H,28,31)(H,29,33). The van der Waals surface area contributed by atoms with Gasteiger partial charge < -0.3 is 19.8 Å². The summed E-state index contributed by atoms with van der Waals surface area (Å²) in [6.07, 6.45) is 0. The second-order valence-electron chi connectivity index (χ2n) is 8.85. The van der Waals surface area contributed by atoms with Gasteiger partial charge in [0.25, 0.3) is 5.91 Å². The summed E-state index contributed by atoms with van der Waals surface area (Å²) in [5.41, 5.74) is 0.0740. The molecule has 2 N–H and O–H groups in total. The molecule has 178 valence electrons. The molecule has 0 bridgehead atoms. The van der Waals surface area contributed by atoms with Crippen molar-refractivity contribution in [3.8, 4) is 5.75 Å². The molecule has 0 saturated carbocycles. The van der Waals surface area contributed by atoms with Crippen molar-refractivity contribution < 1.29 is 23.5 Å². The van der Waals surface area contributed by atoms with Gasteiger partial charge in [0.15, 0.2) is 0 Å².